The summed E-state index contributed by atoms with van der Waals surface area (Å²) in [6.45, 7) is 0. The molecule has 176 valence electrons. The Labute approximate surface area is 213 Å². The van der Waals surface area contributed by atoms with Crippen LogP contribution in [0.4, 0.5) is 5.00 Å². The molecule has 2 aromatic heterocycles. The monoisotopic (exact) mass is 500 g/mol. The summed E-state index contributed by atoms with van der Waals surface area (Å²) in [4.78, 5) is 18.9. The molecule has 1 amide bonds. The van der Waals surface area contributed by atoms with E-state index in [2.05, 4.69) is 17.5 Å². The van der Waals surface area contributed by atoms with Gasteiger partial charge in [-0.1, -0.05) is 23.9 Å². The minimum atomic E-state index is -0.192. The summed E-state index contributed by atoms with van der Waals surface area (Å²) in [6, 6.07) is 12.4. The maximum atomic E-state index is 12.9. The van der Waals surface area contributed by atoms with E-state index in [1.165, 1.54) is 28.0 Å². The van der Waals surface area contributed by atoms with E-state index in [0.717, 1.165) is 78.6 Å². The lowest BCUT2D eigenvalue weighted by atomic mass is 9.95. The van der Waals surface area contributed by atoms with Crippen molar-refractivity contribution in [2.75, 3.05) is 18.2 Å². The highest BCUT2D eigenvalue weighted by atomic mass is 32.2. The number of ether oxygens (including phenoxy) is 1. The topological polar surface area (TPSA) is 98.8 Å². The van der Waals surface area contributed by atoms with Gasteiger partial charge in [-0.05, 0) is 73.8 Å². The number of nitrogens with one attached hydrogen (secondary N) is 1. The molecule has 0 radical (unpaired) electrons. The van der Waals surface area contributed by atoms with Crippen molar-refractivity contribution in [3.63, 3.8) is 0 Å². The zero-order chi connectivity index (χ0) is 24.4. The molecule has 0 saturated carbocycles. The maximum absolute atomic E-state index is 12.9. The number of carbonyl (C=O) groups excluding carboxylic acids is 1. The number of thiophene rings is 1. The first-order valence-electron chi connectivity index (χ1n) is 11.7. The Morgan fingerprint density at radius 3 is 2.54 bits per heavy atom. The Hall–Kier alpha value is -3.33. The molecule has 35 heavy (non-hydrogen) atoms. The van der Waals surface area contributed by atoms with Gasteiger partial charge in [-0.2, -0.15) is 10.5 Å². The molecule has 5 rings (SSSR count). The van der Waals surface area contributed by atoms with Gasteiger partial charge in [0.25, 0.3) is 0 Å². The molecule has 0 unspecified atom stereocenters. The van der Waals surface area contributed by atoms with E-state index in [1.54, 1.807) is 7.11 Å². The van der Waals surface area contributed by atoms with Gasteiger partial charge in [-0.25, -0.2) is 4.98 Å². The normalized spacial score (nSPS) is 13.9. The first-order chi connectivity index (χ1) is 17.1. The first kappa shape index (κ1) is 23.4. The number of pyridine rings is 1. The molecule has 2 aliphatic rings. The van der Waals surface area contributed by atoms with E-state index in [4.69, 9.17) is 9.72 Å². The van der Waals surface area contributed by atoms with Crippen molar-refractivity contribution in [2.45, 2.75) is 50.0 Å². The van der Waals surface area contributed by atoms with E-state index >= 15 is 0 Å². The molecular weight excluding hydrogens is 476 g/mol. The number of benzene rings is 1. The number of aryl methyl sites for hydroxylation is 2. The van der Waals surface area contributed by atoms with Crippen molar-refractivity contribution in [3.8, 4) is 29.0 Å². The van der Waals surface area contributed by atoms with Gasteiger partial charge in [0.2, 0.25) is 5.91 Å². The number of anilines is 1. The number of aromatic nitrogens is 1. The number of amides is 1. The number of carbonyl (C=O) groups is 1. The van der Waals surface area contributed by atoms with Gasteiger partial charge in [-0.15, -0.1) is 11.3 Å². The predicted octanol–water partition coefficient (Wildman–Crippen LogP) is 5.66. The molecule has 2 heterocycles. The molecule has 0 saturated heterocycles. The molecule has 0 bridgehead atoms. The number of thioether (sulfide) groups is 1. The number of rotatable bonds is 6. The van der Waals surface area contributed by atoms with Crippen LogP contribution in [0.1, 0.15) is 52.1 Å². The van der Waals surface area contributed by atoms with Crippen LogP contribution in [0.2, 0.25) is 0 Å². The largest absolute Gasteiger partial charge is 0.497 e. The van der Waals surface area contributed by atoms with Crippen LogP contribution in [0.15, 0.2) is 29.3 Å². The highest BCUT2D eigenvalue weighted by Crippen LogP contribution is 2.40. The van der Waals surface area contributed by atoms with Crippen molar-refractivity contribution in [1.82, 2.24) is 4.98 Å². The molecule has 1 aromatic carbocycles. The molecule has 6 nitrogen and oxygen atoms in total. The maximum Gasteiger partial charge on any atom is 0.235 e. The summed E-state index contributed by atoms with van der Waals surface area (Å²) in [6.07, 6.45) is 6.85. The van der Waals surface area contributed by atoms with Crippen LogP contribution >= 0.6 is 23.1 Å². The molecule has 3 aromatic rings. The average Bonchev–Trinajstić information content (AvgIpc) is 3.50. The SMILES string of the molecule is COc1ccc(-c2c(C#N)c(SCC(=O)Nc3sc4c(c3C#N)CCCC4)nc3c2CCC3)cc1. The Bertz CT molecular complexity index is 1380. The predicted molar refractivity (Wildman–Crippen MR) is 138 cm³/mol. The fourth-order valence-corrected chi connectivity index (χ4v) is 6.97. The standard InChI is InChI=1S/C27H24N4O2S2/c1-33-17-11-9-16(10-12-17)25-19-6-4-7-22(19)30-26(21(25)14-29)34-15-24(32)31-27-20(13-28)18-5-2-3-8-23(18)35-27/h9-12H,2-8,15H2,1H3,(H,31,32). The second-order valence-electron chi connectivity index (χ2n) is 8.65. The third-order valence-electron chi connectivity index (χ3n) is 6.56. The second-order valence-corrected chi connectivity index (χ2v) is 10.7. The van der Waals surface area contributed by atoms with Crippen LogP contribution in [0.3, 0.4) is 0 Å². The average molecular weight is 501 g/mol. The van der Waals surface area contributed by atoms with Crippen molar-refractivity contribution in [3.05, 3.63) is 57.1 Å². The number of hydrogen-bond acceptors (Lipinski definition) is 7. The summed E-state index contributed by atoms with van der Waals surface area (Å²) < 4.78 is 5.29. The number of fused-ring (bicyclic) bond motifs is 2. The fraction of sp³-hybridized carbons (Fsp3) is 0.333. The van der Waals surface area contributed by atoms with Crippen molar-refractivity contribution < 1.29 is 9.53 Å². The minimum Gasteiger partial charge on any atom is -0.497 e. The van der Waals surface area contributed by atoms with Crippen LogP contribution in [-0.4, -0.2) is 23.8 Å². The number of methoxy groups -OCH3 is 1. The smallest absolute Gasteiger partial charge is 0.235 e. The third-order valence-corrected chi connectivity index (χ3v) is 8.74. The van der Waals surface area contributed by atoms with Gasteiger partial charge in [0.15, 0.2) is 0 Å². The van der Waals surface area contributed by atoms with Gasteiger partial charge in [-0.3, -0.25) is 4.79 Å². The molecule has 0 spiro atoms. The van der Waals surface area contributed by atoms with E-state index in [9.17, 15) is 15.3 Å². The molecule has 0 atom stereocenters. The van der Waals surface area contributed by atoms with E-state index in [1.807, 2.05) is 24.3 Å². The van der Waals surface area contributed by atoms with Gasteiger partial charge < -0.3 is 10.1 Å². The van der Waals surface area contributed by atoms with Crippen LogP contribution < -0.4 is 10.1 Å². The molecule has 1 N–H and O–H groups in total. The zero-order valence-electron chi connectivity index (χ0n) is 19.4. The number of hydrogen-bond donors (Lipinski definition) is 1. The zero-order valence-corrected chi connectivity index (χ0v) is 21.1. The van der Waals surface area contributed by atoms with E-state index < -0.39 is 0 Å². The van der Waals surface area contributed by atoms with E-state index in [-0.39, 0.29) is 11.7 Å². The molecule has 0 fully saturated rings. The Balaban J connectivity index is 1.40. The second kappa shape index (κ2) is 10.1. The number of nitrogens with zero attached hydrogens (tertiary/aromatic N) is 3. The summed E-state index contributed by atoms with van der Waals surface area (Å²) >= 11 is 2.80. The Morgan fingerprint density at radius 1 is 1.06 bits per heavy atom. The summed E-state index contributed by atoms with van der Waals surface area (Å²) in [5, 5.41) is 23.9. The fourth-order valence-electron chi connectivity index (χ4n) is 4.91. The van der Waals surface area contributed by atoms with Gasteiger partial charge in [0, 0.05) is 16.1 Å². The highest BCUT2D eigenvalue weighted by Gasteiger charge is 2.26. The van der Waals surface area contributed by atoms with Crippen LogP contribution in [0.5, 0.6) is 5.75 Å². The van der Waals surface area contributed by atoms with Gasteiger partial charge in [0.05, 0.1) is 24.0 Å². The lowest BCUT2D eigenvalue weighted by molar-refractivity contribution is -0.113. The third kappa shape index (κ3) is 4.52. The van der Waals surface area contributed by atoms with Crippen molar-refractivity contribution >= 4 is 34.0 Å². The summed E-state index contributed by atoms with van der Waals surface area (Å²) in [7, 11) is 1.63. The first-order valence-corrected chi connectivity index (χ1v) is 13.5. The highest BCUT2D eigenvalue weighted by molar-refractivity contribution is 8.00. The molecule has 2 aliphatic carbocycles. The molecule has 0 aliphatic heterocycles. The van der Waals surface area contributed by atoms with Crippen LogP contribution in [0, 0.1) is 22.7 Å². The lowest BCUT2D eigenvalue weighted by Crippen LogP contribution is -2.14. The molecular formula is C27H24N4O2S2. The summed E-state index contributed by atoms with van der Waals surface area (Å²) in [5.41, 5.74) is 6.23. The van der Waals surface area contributed by atoms with Crippen LogP contribution in [0.25, 0.3) is 11.1 Å². The number of nitriles is 2. The van der Waals surface area contributed by atoms with Gasteiger partial charge >= 0.3 is 0 Å². The quantitative estimate of drug-likeness (QED) is 0.439. The van der Waals surface area contributed by atoms with Crippen molar-refractivity contribution in [2.24, 2.45) is 0 Å². The minimum absolute atomic E-state index is 0.121. The molecule has 8 heteroatoms. The van der Waals surface area contributed by atoms with Crippen molar-refractivity contribution in [1.29, 1.82) is 10.5 Å². The van der Waals surface area contributed by atoms with E-state index in [0.29, 0.717) is 21.2 Å². The van der Waals surface area contributed by atoms with Crippen LogP contribution in [-0.2, 0) is 30.5 Å². The summed E-state index contributed by atoms with van der Waals surface area (Å²) in [5.74, 6) is 0.689. The Kier molecular flexibility index (Phi) is 6.77. The Morgan fingerprint density at radius 2 is 1.80 bits per heavy atom. The lowest BCUT2D eigenvalue weighted by Gasteiger charge is -2.15. The van der Waals surface area contributed by atoms with Gasteiger partial charge in [0.1, 0.15) is 27.9 Å².